The van der Waals surface area contributed by atoms with Crippen molar-refractivity contribution in [1.29, 1.82) is 0 Å². The molecule has 0 aliphatic heterocycles. The van der Waals surface area contributed by atoms with Gasteiger partial charge < -0.3 is 10.2 Å². The molecule has 1 atom stereocenters. The highest BCUT2D eigenvalue weighted by atomic mass is 19.1. The third-order valence-electron chi connectivity index (χ3n) is 2.05. The lowest BCUT2D eigenvalue weighted by Crippen LogP contribution is -2.12. The lowest BCUT2D eigenvalue weighted by molar-refractivity contribution is 0.0649. The van der Waals surface area contributed by atoms with Gasteiger partial charge in [-0.2, -0.15) is 0 Å². The first-order chi connectivity index (χ1) is 7.49. The first-order valence-corrected chi connectivity index (χ1v) is 4.35. The summed E-state index contributed by atoms with van der Waals surface area (Å²) in [6, 6.07) is 3.63. The molecule has 0 aliphatic carbocycles. The molecule has 4 nitrogen and oxygen atoms in total. The summed E-state index contributed by atoms with van der Waals surface area (Å²) in [7, 11) is 0. The van der Waals surface area contributed by atoms with E-state index in [-0.39, 0.29) is 5.56 Å². The van der Waals surface area contributed by atoms with Gasteiger partial charge in [0.15, 0.2) is 0 Å². The normalized spacial score (nSPS) is 11.8. The molecular weight excluding hydrogens is 215 g/mol. The van der Waals surface area contributed by atoms with Gasteiger partial charge in [0.1, 0.15) is 6.17 Å². The summed E-state index contributed by atoms with van der Waals surface area (Å²) in [5.74, 6) is -2.88. The highest BCUT2D eigenvalue weighted by Crippen LogP contribution is 2.25. The molecule has 0 radical (unpaired) electrons. The summed E-state index contributed by atoms with van der Waals surface area (Å²) in [6.45, 7) is 3.20. The Morgan fingerprint density at radius 1 is 1.31 bits per heavy atom. The van der Waals surface area contributed by atoms with Crippen LogP contribution in [0.15, 0.2) is 30.9 Å². The Morgan fingerprint density at radius 2 is 1.94 bits per heavy atom. The molecule has 1 aromatic rings. The van der Waals surface area contributed by atoms with Crippen LogP contribution in [0.1, 0.15) is 32.5 Å². The van der Waals surface area contributed by atoms with E-state index in [2.05, 4.69) is 6.58 Å². The van der Waals surface area contributed by atoms with E-state index in [1.54, 1.807) is 0 Å². The smallest absolute Gasteiger partial charge is 0.336 e. The van der Waals surface area contributed by atoms with Crippen molar-refractivity contribution < 1.29 is 24.2 Å². The Bertz CT molecular complexity index is 453. The molecule has 16 heavy (non-hydrogen) atoms. The van der Waals surface area contributed by atoms with E-state index in [4.69, 9.17) is 10.2 Å². The number of alkyl halides is 1. The second-order valence-electron chi connectivity index (χ2n) is 3.02. The number of carboxylic acids is 2. The molecule has 2 N–H and O–H groups in total. The molecule has 0 aromatic heterocycles. The molecule has 0 aliphatic rings. The average Bonchev–Trinajstić information content (AvgIpc) is 2.26. The molecule has 0 spiro atoms. The molecule has 0 fully saturated rings. The Morgan fingerprint density at radius 3 is 2.38 bits per heavy atom. The van der Waals surface area contributed by atoms with Gasteiger partial charge in [-0.05, 0) is 6.07 Å². The minimum atomic E-state index is -1.70. The molecular formula is C11H9FO4. The van der Waals surface area contributed by atoms with Crippen molar-refractivity contribution in [3.05, 3.63) is 47.5 Å². The van der Waals surface area contributed by atoms with E-state index >= 15 is 0 Å². The SMILES string of the molecule is C=CC(F)c1cccc(C(=O)O)c1C(=O)O. The van der Waals surface area contributed by atoms with E-state index in [0.29, 0.717) is 0 Å². The largest absolute Gasteiger partial charge is 0.478 e. The second-order valence-corrected chi connectivity index (χ2v) is 3.02. The molecule has 0 amide bonds. The summed E-state index contributed by atoms with van der Waals surface area (Å²) in [6.07, 6.45) is -0.793. The molecule has 1 aromatic carbocycles. The third kappa shape index (κ3) is 2.08. The van der Waals surface area contributed by atoms with Gasteiger partial charge >= 0.3 is 11.9 Å². The fourth-order valence-corrected chi connectivity index (χ4v) is 1.34. The summed E-state index contributed by atoms with van der Waals surface area (Å²) in [4.78, 5) is 21.7. The Balaban J connectivity index is 3.50. The lowest BCUT2D eigenvalue weighted by Gasteiger charge is -2.09. The van der Waals surface area contributed by atoms with Gasteiger partial charge in [0, 0.05) is 5.56 Å². The molecule has 1 rings (SSSR count). The van der Waals surface area contributed by atoms with Gasteiger partial charge in [0.05, 0.1) is 11.1 Å². The van der Waals surface area contributed by atoms with Crippen LogP contribution >= 0.6 is 0 Å². The monoisotopic (exact) mass is 224 g/mol. The average molecular weight is 224 g/mol. The van der Waals surface area contributed by atoms with Gasteiger partial charge in [-0.1, -0.05) is 24.8 Å². The van der Waals surface area contributed by atoms with E-state index in [1.165, 1.54) is 12.1 Å². The zero-order valence-electron chi connectivity index (χ0n) is 8.18. The van der Waals surface area contributed by atoms with Crippen LogP contribution in [0.5, 0.6) is 0 Å². The maximum Gasteiger partial charge on any atom is 0.336 e. The van der Waals surface area contributed by atoms with Crippen molar-refractivity contribution in [3.63, 3.8) is 0 Å². The van der Waals surface area contributed by atoms with Crippen LogP contribution < -0.4 is 0 Å². The minimum Gasteiger partial charge on any atom is -0.478 e. The third-order valence-corrected chi connectivity index (χ3v) is 2.05. The standard InChI is InChI=1S/C11H9FO4/c1-2-8(12)6-4-3-5-7(10(13)14)9(6)11(15)16/h2-5,8H,1H2,(H,13,14)(H,15,16). The van der Waals surface area contributed by atoms with Gasteiger partial charge in [-0.15, -0.1) is 0 Å². The van der Waals surface area contributed by atoms with Crippen molar-refractivity contribution in [2.24, 2.45) is 0 Å². The van der Waals surface area contributed by atoms with Crippen LogP contribution in [0.25, 0.3) is 0 Å². The molecule has 5 heteroatoms. The van der Waals surface area contributed by atoms with Crippen molar-refractivity contribution >= 4 is 11.9 Å². The predicted molar refractivity (Wildman–Crippen MR) is 54.4 cm³/mol. The molecule has 1 unspecified atom stereocenters. The van der Waals surface area contributed by atoms with Crippen LogP contribution in [-0.2, 0) is 0 Å². The molecule has 0 saturated heterocycles. The summed E-state index contributed by atoms with van der Waals surface area (Å²) >= 11 is 0. The number of allylic oxidation sites excluding steroid dienone is 1. The van der Waals surface area contributed by atoms with E-state index < -0.39 is 29.2 Å². The minimum absolute atomic E-state index is 0.206. The number of halogens is 1. The van der Waals surface area contributed by atoms with Crippen LogP contribution in [0.4, 0.5) is 4.39 Å². The van der Waals surface area contributed by atoms with Crippen LogP contribution in [0.3, 0.4) is 0 Å². The van der Waals surface area contributed by atoms with Crippen LogP contribution in [0, 0.1) is 0 Å². The van der Waals surface area contributed by atoms with Crippen molar-refractivity contribution in [2.45, 2.75) is 6.17 Å². The molecule has 84 valence electrons. The summed E-state index contributed by atoms with van der Waals surface area (Å²) in [5.41, 5.74) is -1.18. The summed E-state index contributed by atoms with van der Waals surface area (Å²) < 4.78 is 13.4. The molecule has 0 saturated carbocycles. The van der Waals surface area contributed by atoms with Crippen LogP contribution in [0.2, 0.25) is 0 Å². The van der Waals surface area contributed by atoms with Gasteiger partial charge in [-0.25, -0.2) is 14.0 Å². The number of carbonyl (C=O) groups is 2. The van der Waals surface area contributed by atoms with Crippen LogP contribution in [-0.4, -0.2) is 22.2 Å². The fraction of sp³-hybridized carbons (Fsp3) is 0.0909. The topological polar surface area (TPSA) is 74.6 Å². The highest BCUT2D eigenvalue weighted by molar-refractivity contribution is 6.02. The maximum atomic E-state index is 13.4. The Hall–Kier alpha value is -2.17. The maximum absolute atomic E-state index is 13.4. The number of aromatic carboxylic acids is 2. The van der Waals surface area contributed by atoms with Crippen molar-refractivity contribution in [1.82, 2.24) is 0 Å². The first-order valence-electron chi connectivity index (χ1n) is 4.35. The van der Waals surface area contributed by atoms with E-state index in [9.17, 15) is 14.0 Å². The Labute approximate surface area is 90.6 Å². The van der Waals surface area contributed by atoms with Gasteiger partial charge in [0.2, 0.25) is 0 Å². The Kier molecular flexibility index (Phi) is 3.40. The second kappa shape index (κ2) is 4.57. The predicted octanol–water partition coefficient (Wildman–Crippen LogP) is 2.28. The fourth-order valence-electron chi connectivity index (χ4n) is 1.34. The summed E-state index contributed by atoms with van der Waals surface area (Å²) in [5, 5.41) is 17.7. The lowest BCUT2D eigenvalue weighted by atomic mass is 9.98. The number of hydrogen-bond donors (Lipinski definition) is 2. The van der Waals surface area contributed by atoms with Gasteiger partial charge in [0.25, 0.3) is 0 Å². The van der Waals surface area contributed by atoms with Crippen molar-refractivity contribution in [3.8, 4) is 0 Å². The zero-order chi connectivity index (χ0) is 12.3. The van der Waals surface area contributed by atoms with E-state index in [0.717, 1.165) is 12.1 Å². The number of rotatable bonds is 4. The number of carboxylic acid groups (broad SMARTS) is 2. The van der Waals surface area contributed by atoms with Crippen molar-refractivity contribution in [2.75, 3.05) is 0 Å². The number of hydrogen-bond acceptors (Lipinski definition) is 2. The molecule has 0 heterocycles. The van der Waals surface area contributed by atoms with Gasteiger partial charge in [-0.3, -0.25) is 0 Å². The number of benzene rings is 1. The first kappa shape index (κ1) is 11.9. The molecule has 0 bridgehead atoms. The highest BCUT2D eigenvalue weighted by Gasteiger charge is 2.23. The quantitative estimate of drug-likeness (QED) is 0.769. The van der Waals surface area contributed by atoms with E-state index in [1.807, 2.05) is 0 Å². The zero-order valence-corrected chi connectivity index (χ0v) is 8.18.